The third kappa shape index (κ3) is 3.12. The second-order valence-electron chi connectivity index (χ2n) is 4.72. The van der Waals surface area contributed by atoms with E-state index in [1.807, 2.05) is 6.92 Å². The van der Waals surface area contributed by atoms with Crippen LogP contribution in [0.1, 0.15) is 13.3 Å². The molecular weight excluding hydrogens is 357 g/mol. The van der Waals surface area contributed by atoms with E-state index in [2.05, 4.69) is 15.9 Å². The van der Waals surface area contributed by atoms with Crippen molar-refractivity contribution < 1.29 is 12.8 Å². The Bertz CT molecular complexity index is 581. The molecule has 2 atom stereocenters. The average molecular weight is 371 g/mol. The summed E-state index contributed by atoms with van der Waals surface area (Å²) in [5.41, 5.74) is 0. The highest BCUT2D eigenvalue weighted by Gasteiger charge is 2.34. The molecule has 0 N–H and O–H groups in total. The zero-order valence-corrected chi connectivity index (χ0v) is 13.5. The molecule has 106 valence electrons. The fourth-order valence-electron chi connectivity index (χ4n) is 2.04. The lowest BCUT2D eigenvalue weighted by Gasteiger charge is -2.33. The van der Waals surface area contributed by atoms with Gasteiger partial charge in [-0.2, -0.15) is 4.31 Å². The van der Waals surface area contributed by atoms with Crippen LogP contribution in [-0.4, -0.2) is 31.2 Å². The van der Waals surface area contributed by atoms with Crippen molar-refractivity contribution >= 4 is 37.6 Å². The molecule has 1 aromatic rings. The molecule has 0 spiro atoms. The normalized spacial score (nSPS) is 25.5. The Morgan fingerprint density at radius 2 is 2.16 bits per heavy atom. The molecule has 0 aromatic heterocycles. The Kier molecular flexibility index (Phi) is 4.55. The second kappa shape index (κ2) is 5.68. The predicted octanol–water partition coefficient (Wildman–Crippen LogP) is 3.23. The van der Waals surface area contributed by atoms with Crippen molar-refractivity contribution in [3.05, 3.63) is 28.5 Å². The van der Waals surface area contributed by atoms with Crippen LogP contribution in [0.25, 0.3) is 0 Å². The number of nitrogens with zero attached hydrogens (tertiary/aromatic N) is 1. The molecule has 1 aromatic carbocycles. The van der Waals surface area contributed by atoms with Gasteiger partial charge in [0.05, 0.1) is 0 Å². The van der Waals surface area contributed by atoms with E-state index in [1.54, 1.807) is 0 Å². The van der Waals surface area contributed by atoms with Crippen LogP contribution in [0.2, 0.25) is 0 Å². The zero-order chi connectivity index (χ0) is 14.2. The molecule has 1 aliphatic heterocycles. The Balaban J connectivity index is 2.32. The second-order valence-corrected chi connectivity index (χ2v) is 8.10. The third-order valence-corrected chi connectivity index (χ3v) is 6.30. The first-order chi connectivity index (χ1) is 8.82. The largest absolute Gasteiger partial charge is 0.246 e. The molecule has 0 amide bonds. The van der Waals surface area contributed by atoms with Gasteiger partial charge in [0.15, 0.2) is 0 Å². The van der Waals surface area contributed by atoms with Crippen molar-refractivity contribution in [2.24, 2.45) is 5.92 Å². The van der Waals surface area contributed by atoms with Crippen molar-refractivity contribution in [1.29, 1.82) is 0 Å². The van der Waals surface area contributed by atoms with E-state index in [9.17, 15) is 12.8 Å². The quantitative estimate of drug-likeness (QED) is 0.750. The molecule has 0 radical (unpaired) electrons. The smallest absolute Gasteiger partial charge is 0.207 e. The van der Waals surface area contributed by atoms with Crippen molar-refractivity contribution in [1.82, 2.24) is 4.31 Å². The number of piperidine rings is 1. The standard InChI is InChI=1S/C12H14BrClFNO2S/c1-8-4-5-16(7-10(8)14)19(17,18)12-3-2-9(13)6-11(12)15/h2-3,6,8,10H,4-5,7H2,1H3. The summed E-state index contributed by atoms with van der Waals surface area (Å²) >= 11 is 9.22. The van der Waals surface area contributed by atoms with Crippen molar-refractivity contribution in [2.45, 2.75) is 23.6 Å². The van der Waals surface area contributed by atoms with E-state index < -0.39 is 15.8 Å². The lowest BCUT2D eigenvalue weighted by Crippen LogP contribution is -2.43. The minimum absolute atomic E-state index is 0.223. The van der Waals surface area contributed by atoms with Crippen LogP contribution < -0.4 is 0 Å². The summed E-state index contributed by atoms with van der Waals surface area (Å²) in [6, 6.07) is 3.94. The maximum absolute atomic E-state index is 13.8. The summed E-state index contributed by atoms with van der Waals surface area (Å²) in [6.45, 7) is 2.59. The molecule has 1 aliphatic rings. The van der Waals surface area contributed by atoms with Gasteiger partial charge in [0.25, 0.3) is 0 Å². The minimum Gasteiger partial charge on any atom is -0.207 e. The maximum Gasteiger partial charge on any atom is 0.246 e. The summed E-state index contributed by atoms with van der Waals surface area (Å²) in [5, 5.41) is -0.234. The maximum atomic E-state index is 13.8. The molecule has 19 heavy (non-hydrogen) atoms. The first-order valence-corrected chi connectivity index (χ1v) is 8.58. The van der Waals surface area contributed by atoms with Gasteiger partial charge >= 0.3 is 0 Å². The highest BCUT2D eigenvalue weighted by atomic mass is 79.9. The van der Waals surface area contributed by atoms with Gasteiger partial charge in [0.2, 0.25) is 10.0 Å². The highest BCUT2D eigenvalue weighted by molar-refractivity contribution is 9.10. The number of hydrogen-bond donors (Lipinski definition) is 0. The first-order valence-electron chi connectivity index (χ1n) is 5.91. The molecule has 1 saturated heterocycles. The van der Waals surface area contributed by atoms with Gasteiger partial charge in [-0.05, 0) is 30.5 Å². The molecule has 3 nitrogen and oxygen atoms in total. The highest BCUT2D eigenvalue weighted by Crippen LogP contribution is 2.28. The van der Waals surface area contributed by atoms with Gasteiger partial charge in [0.1, 0.15) is 10.7 Å². The summed E-state index contributed by atoms with van der Waals surface area (Å²) in [5.74, 6) is -0.484. The average Bonchev–Trinajstić information content (AvgIpc) is 2.32. The molecule has 1 heterocycles. The number of hydrogen-bond acceptors (Lipinski definition) is 2. The number of halogens is 3. The molecule has 0 bridgehead atoms. The van der Waals surface area contributed by atoms with Gasteiger partial charge in [-0.1, -0.05) is 22.9 Å². The van der Waals surface area contributed by atoms with Crippen LogP contribution in [0.3, 0.4) is 0 Å². The van der Waals surface area contributed by atoms with E-state index in [0.717, 1.165) is 6.07 Å². The zero-order valence-electron chi connectivity index (χ0n) is 10.3. The summed E-state index contributed by atoms with van der Waals surface area (Å²) in [6.07, 6.45) is 0.686. The van der Waals surface area contributed by atoms with Crippen molar-refractivity contribution in [2.75, 3.05) is 13.1 Å². The van der Waals surface area contributed by atoms with E-state index >= 15 is 0 Å². The molecule has 1 fully saturated rings. The predicted molar refractivity (Wildman–Crippen MR) is 76.3 cm³/mol. The topological polar surface area (TPSA) is 37.4 Å². The Labute approximate surface area is 125 Å². The molecule has 0 aliphatic carbocycles. The fourth-order valence-corrected chi connectivity index (χ4v) is 4.27. The number of rotatable bonds is 2. The lowest BCUT2D eigenvalue weighted by molar-refractivity contribution is 0.292. The molecular formula is C12H14BrClFNO2S. The Morgan fingerprint density at radius 3 is 2.74 bits per heavy atom. The van der Waals surface area contributed by atoms with Crippen molar-refractivity contribution in [3.8, 4) is 0 Å². The SMILES string of the molecule is CC1CCN(S(=O)(=O)c2ccc(Br)cc2F)CC1Cl. The van der Waals surface area contributed by atoms with Gasteiger partial charge < -0.3 is 0 Å². The minimum atomic E-state index is -3.81. The number of sulfonamides is 1. The third-order valence-electron chi connectivity index (χ3n) is 3.34. The number of benzene rings is 1. The Hall–Kier alpha value is -0.170. The summed E-state index contributed by atoms with van der Waals surface area (Å²) in [4.78, 5) is -0.297. The van der Waals surface area contributed by atoms with Crippen LogP contribution in [-0.2, 0) is 10.0 Å². The fraction of sp³-hybridized carbons (Fsp3) is 0.500. The van der Waals surface area contributed by atoms with Crippen molar-refractivity contribution in [3.63, 3.8) is 0 Å². The van der Waals surface area contributed by atoms with Gasteiger partial charge in [-0.15, -0.1) is 11.6 Å². The molecule has 0 saturated carbocycles. The van der Waals surface area contributed by atoms with Crippen LogP contribution in [0.5, 0.6) is 0 Å². The lowest BCUT2D eigenvalue weighted by atomic mass is 10.0. The van der Waals surface area contributed by atoms with E-state index in [0.29, 0.717) is 17.4 Å². The van der Waals surface area contributed by atoms with E-state index in [4.69, 9.17) is 11.6 Å². The molecule has 2 unspecified atom stereocenters. The van der Waals surface area contributed by atoms with E-state index in [-0.39, 0.29) is 22.7 Å². The van der Waals surface area contributed by atoms with Crippen LogP contribution in [0.15, 0.2) is 27.6 Å². The van der Waals surface area contributed by atoms with Gasteiger partial charge in [-0.25, -0.2) is 12.8 Å². The van der Waals surface area contributed by atoms with Crippen LogP contribution in [0.4, 0.5) is 4.39 Å². The summed E-state index contributed by atoms with van der Waals surface area (Å²) < 4.78 is 40.3. The van der Waals surface area contributed by atoms with E-state index in [1.165, 1.54) is 16.4 Å². The molecule has 7 heteroatoms. The van der Waals surface area contributed by atoms with Crippen LogP contribution in [0, 0.1) is 11.7 Å². The molecule has 2 rings (SSSR count). The van der Waals surface area contributed by atoms with Gasteiger partial charge in [-0.3, -0.25) is 0 Å². The van der Waals surface area contributed by atoms with Crippen LogP contribution >= 0.6 is 27.5 Å². The summed E-state index contributed by atoms with van der Waals surface area (Å²) in [7, 11) is -3.81. The number of alkyl halides is 1. The Morgan fingerprint density at radius 1 is 1.47 bits per heavy atom. The first kappa shape index (κ1) is 15.2. The monoisotopic (exact) mass is 369 g/mol. The van der Waals surface area contributed by atoms with Gasteiger partial charge in [0, 0.05) is 22.9 Å².